The summed E-state index contributed by atoms with van der Waals surface area (Å²) in [5.74, 6) is 2.05. The Labute approximate surface area is 347 Å². The molecule has 9 aromatic rings. The van der Waals surface area contributed by atoms with Crippen LogP contribution < -0.4 is 9.64 Å². The van der Waals surface area contributed by atoms with Crippen LogP contribution in [0.1, 0.15) is 31.9 Å². The van der Waals surface area contributed by atoms with Crippen molar-refractivity contribution >= 4 is 55.0 Å². The van der Waals surface area contributed by atoms with Crippen LogP contribution in [0.4, 0.5) is 5.69 Å². The molecule has 6 nitrogen and oxygen atoms in total. The number of fused-ring (bicyclic) bond motifs is 6. The third-order valence-corrected chi connectivity index (χ3v) is 11.0. The average Bonchev–Trinajstić information content (AvgIpc) is 3.86. The monoisotopic (exact) mass is 921 g/mol. The van der Waals surface area contributed by atoms with Crippen LogP contribution in [0.3, 0.4) is 0 Å². The van der Waals surface area contributed by atoms with Gasteiger partial charge in [-0.2, -0.15) is 12.7 Å². The average molecular weight is 922 g/mol. The molecule has 0 atom stereocenters. The second-order valence-corrected chi connectivity index (χ2v) is 15.6. The van der Waals surface area contributed by atoms with Crippen molar-refractivity contribution in [2.75, 3.05) is 11.9 Å². The summed E-state index contributed by atoms with van der Waals surface area (Å²) in [6.07, 6.45) is 4.15. The standard InChI is InChI=1S/C50H40N5O.Pt/c1-50(2,3)36-25-37(54-31-48(52(4)32-54)34-16-10-7-11-17-34)27-39(26-36)56-38-21-22-41-42-24-35(33-14-8-6-9-15-33)20-23-45(42)55(47(41)28-38)49-29-46-43(30-51-49)40-18-12-13-19-44(40)53(46)5;/h6-26,29-32H,1-5H3;/q-3;. The number of rotatable bonds is 6. The van der Waals surface area contributed by atoms with Crippen LogP contribution in [-0.2, 0) is 33.5 Å². The second-order valence-electron chi connectivity index (χ2n) is 15.6. The molecule has 4 heterocycles. The number of aryl methyl sites for hydroxylation is 1. The molecule has 1 aliphatic heterocycles. The summed E-state index contributed by atoms with van der Waals surface area (Å²) in [7, 11) is 4.19. The molecule has 0 bridgehead atoms. The Morgan fingerprint density at radius 1 is 0.614 bits per heavy atom. The van der Waals surface area contributed by atoms with Crippen molar-refractivity contribution in [3.05, 3.63) is 176 Å². The van der Waals surface area contributed by atoms with E-state index >= 15 is 0 Å². The molecule has 1 aliphatic rings. The molecule has 0 aliphatic carbocycles. The summed E-state index contributed by atoms with van der Waals surface area (Å²) >= 11 is 0. The Kier molecular flexibility index (Phi) is 9.05. The van der Waals surface area contributed by atoms with Crippen molar-refractivity contribution in [3.8, 4) is 28.4 Å². The predicted molar refractivity (Wildman–Crippen MR) is 230 cm³/mol. The van der Waals surface area contributed by atoms with Gasteiger partial charge in [0.2, 0.25) is 0 Å². The van der Waals surface area contributed by atoms with Gasteiger partial charge in [-0.3, -0.25) is 0 Å². The molecular formula is C50H40N5OPt-3. The van der Waals surface area contributed by atoms with Crippen molar-refractivity contribution in [3.63, 3.8) is 0 Å². The number of nitrogens with zero attached hydrogens (tertiary/aromatic N) is 5. The number of para-hydroxylation sites is 1. The van der Waals surface area contributed by atoms with E-state index in [2.05, 4.69) is 200 Å². The number of hydrogen-bond acceptors (Lipinski definition) is 4. The first-order chi connectivity index (χ1) is 27.2. The van der Waals surface area contributed by atoms with Crippen molar-refractivity contribution in [1.29, 1.82) is 0 Å². The molecule has 57 heavy (non-hydrogen) atoms. The number of ether oxygens (including phenoxy) is 1. The summed E-state index contributed by atoms with van der Waals surface area (Å²) in [5.41, 5.74) is 10.8. The second kappa shape index (κ2) is 14.1. The van der Waals surface area contributed by atoms with Gasteiger partial charge in [0.25, 0.3) is 0 Å². The summed E-state index contributed by atoms with van der Waals surface area (Å²) in [6, 6.07) is 54.1. The van der Waals surface area contributed by atoms with Crippen LogP contribution in [0.15, 0.2) is 146 Å². The van der Waals surface area contributed by atoms with Crippen LogP contribution in [-0.4, -0.2) is 26.1 Å². The van der Waals surface area contributed by atoms with Gasteiger partial charge in [-0.1, -0.05) is 117 Å². The van der Waals surface area contributed by atoms with Crippen molar-refractivity contribution in [2.24, 2.45) is 7.05 Å². The zero-order valence-electron chi connectivity index (χ0n) is 32.4. The van der Waals surface area contributed by atoms with E-state index in [9.17, 15) is 0 Å². The van der Waals surface area contributed by atoms with E-state index in [4.69, 9.17) is 9.72 Å². The fourth-order valence-electron chi connectivity index (χ4n) is 8.00. The molecule has 6 aromatic carbocycles. The first-order valence-electron chi connectivity index (χ1n) is 19.0. The number of pyridine rings is 1. The van der Waals surface area contributed by atoms with Gasteiger partial charge in [-0.05, 0) is 52.9 Å². The van der Waals surface area contributed by atoms with Crippen LogP contribution in [0, 0.1) is 18.8 Å². The zero-order chi connectivity index (χ0) is 38.1. The van der Waals surface area contributed by atoms with Crippen LogP contribution in [0.5, 0.6) is 11.5 Å². The van der Waals surface area contributed by atoms with Gasteiger partial charge >= 0.3 is 0 Å². The molecule has 10 rings (SSSR count). The fourth-order valence-corrected chi connectivity index (χ4v) is 8.00. The third kappa shape index (κ3) is 6.39. The number of anilines is 1. The zero-order valence-corrected chi connectivity index (χ0v) is 34.7. The van der Waals surface area contributed by atoms with E-state index < -0.39 is 0 Å². The van der Waals surface area contributed by atoms with Crippen molar-refractivity contribution in [2.45, 2.75) is 26.2 Å². The molecule has 284 valence electrons. The van der Waals surface area contributed by atoms with E-state index in [0.717, 1.165) is 66.6 Å². The van der Waals surface area contributed by atoms with Gasteiger partial charge in [0.1, 0.15) is 5.82 Å². The minimum atomic E-state index is -0.123. The SMILES string of the molecule is CN1[CH-]N(c2[c-]c(Oc3[c-]c4c(cc3)c3cc(-c5ccccc5)ccc3n4-c3cc4c(cn3)c3ccccc3n4C)cc(C(C)(C)C)c2)C=C1c1ccccc1.[Pt]. The molecular weight excluding hydrogens is 882 g/mol. The van der Waals surface area contributed by atoms with E-state index in [-0.39, 0.29) is 26.5 Å². The molecule has 0 spiro atoms. The summed E-state index contributed by atoms with van der Waals surface area (Å²) in [4.78, 5) is 9.36. The quantitative estimate of drug-likeness (QED) is 0.156. The third-order valence-electron chi connectivity index (χ3n) is 11.0. The molecule has 0 fully saturated rings. The number of hydrogen-bond donors (Lipinski definition) is 0. The number of benzene rings is 6. The molecule has 0 N–H and O–H groups in total. The Bertz CT molecular complexity index is 2990. The van der Waals surface area contributed by atoms with Crippen LogP contribution in [0.25, 0.3) is 66.3 Å². The Morgan fingerprint density at radius 3 is 2.12 bits per heavy atom. The van der Waals surface area contributed by atoms with Crippen LogP contribution >= 0.6 is 0 Å². The Hall–Kier alpha value is -6.10. The van der Waals surface area contributed by atoms with Gasteiger partial charge in [-0.15, -0.1) is 47.0 Å². The normalized spacial score (nSPS) is 13.2. The van der Waals surface area contributed by atoms with E-state index in [1.165, 1.54) is 16.5 Å². The van der Waals surface area contributed by atoms with Gasteiger partial charge < -0.3 is 23.7 Å². The topological polar surface area (TPSA) is 38.5 Å². The van der Waals surface area contributed by atoms with Crippen molar-refractivity contribution in [1.82, 2.24) is 19.0 Å². The van der Waals surface area contributed by atoms with Gasteiger partial charge in [0.05, 0.1) is 5.52 Å². The molecule has 0 amide bonds. The number of aromatic nitrogens is 3. The maximum absolute atomic E-state index is 6.75. The molecule has 0 radical (unpaired) electrons. The summed E-state index contributed by atoms with van der Waals surface area (Å²) in [6.45, 7) is 8.76. The molecule has 0 unspecified atom stereocenters. The van der Waals surface area contributed by atoms with Gasteiger partial charge in [-0.25, -0.2) is 4.98 Å². The van der Waals surface area contributed by atoms with Crippen molar-refractivity contribution < 1.29 is 25.8 Å². The smallest absolute Gasteiger partial charge is 0.137 e. The molecule has 7 heteroatoms. The van der Waals surface area contributed by atoms with E-state index in [0.29, 0.717) is 11.5 Å². The van der Waals surface area contributed by atoms with E-state index in [1.54, 1.807) is 0 Å². The Morgan fingerprint density at radius 2 is 1.35 bits per heavy atom. The molecule has 3 aromatic heterocycles. The van der Waals surface area contributed by atoms with Crippen LogP contribution in [0.2, 0.25) is 0 Å². The maximum atomic E-state index is 6.75. The molecule has 0 saturated heterocycles. The minimum Gasteiger partial charge on any atom is -0.509 e. The maximum Gasteiger partial charge on any atom is 0.137 e. The Balaban J connectivity index is 0.00000422. The largest absolute Gasteiger partial charge is 0.509 e. The predicted octanol–water partition coefficient (Wildman–Crippen LogP) is 12.0. The fraction of sp³-hybridized carbons (Fsp3) is 0.120. The first-order valence-corrected chi connectivity index (χ1v) is 19.0. The summed E-state index contributed by atoms with van der Waals surface area (Å²) < 4.78 is 11.2. The first kappa shape index (κ1) is 36.5. The van der Waals surface area contributed by atoms with E-state index in [1.807, 2.05) is 18.3 Å². The summed E-state index contributed by atoms with van der Waals surface area (Å²) in [5, 5.41) is 4.52. The van der Waals surface area contributed by atoms with Gasteiger partial charge in [0, 0.05) is 79.4 Å². The minimum absolute atomic E-state index is 0. The molecule has 0 saturated carbocycles. The van der Waals surface area contributed by atoms with Gasteiger partial charge in [0.15, 0.2) is 0 Å².